The number of rotatable bonds is 6. The highest BCUT2D eigenvalue weighted by atomic mass is 16.5. The fourth-order valence-electron chi connectivity index (χ4n) is 3.41. The number of nitrogens with zero attached hydrogens (tertiary/aromatic N) is 2. The molecule has 0 spiro atoms. The van der Waals surface area contributed by atoms with Crippen LogP contribution in [0.4, 0.5) is 0 Å². The number of carbonyl (C=O) groups is 3. The van der Waals surface area contributed by atoms with Crippen molar-refractivity contribution in [3.8, 4) is 5.75 Å². The first-order valence-electron chi connectivity index (χ1n) is 8.81. The largest absolute Gasteiger partial charge is 0.496 e. The zero-order valence-corrected chi connectivity index (χ0v) is 15.3. The Balaban J connectivity index is 1.99. The van der Waals surface area contributed by atoms with E-state index < -0.39 is 5.97 Å². The van der Waals surface area contributed by atoms with Crippen LogP contribution in [0.1, 0.15) is 31.7 Å². The van der Waals surface area contributed by atoms with Gasteiger partial charge in [0, 0.05) is 31.6 Å². The van der Waals surface area contributed by atoms with E-state index in [9.17, 15) is 14.4 Å². The van der Waals surface area contributed by atoms with Crippen molar-refractivity contribution in [3.63, 3.8) is 0 Å². The summed E-state index contributed by atoms with van der Waals surface area (Å²) in [6.07, 6.45) is 2.29. The smallest absolute Gasteiger partial charge is 0.323 e. The predicted molar refractivity (Wildman–Crippen MR) is 95.9 cm³/mol. The molecule has 0 aliphatic carbocycles. The van der Waals surface area contributed by atoms with Crippen molar-refractivity contribution >= 4 is 17.8 Å². The molecule has 1 N–H and O–H groups in total. The minimum atomic E-state index is -1.02. The van der Waals surface area contributed by atoms with Crippen LogP contribution in [0.2, 0.25) is 0 Å². The van der Waals surface area contributed by atoms with Crippen molar-refractivity contribution in [1.82, 2.24) is 9.80 Å². The molecule has 2 amide bonds. The molecule has 0 bridgehead atoms. The molecular formula is C19H26N2O5. The Morgan fingerprint density at radius 1 is 1.23 bits per heavy atom. The number of benzene rings is 1. The number of para-hydroxylation sites is 1. The second kappa shape index (κ2) is 9.22. The van der Waals surface area contributed by atoms with Gasteiger partial charge in [-0.15, -0.1) is 0 Å². The van der Waals surface area contributed by atoms with Crippen LogP contribution in [0.3, 0.4) is 0 Å². The summed E-state index contributed by atoms with van der Waals surface area (Å²) in [5, 5.41) is 9.02. The lowest BCUT2D eigenvalue weighted by molar-refractivity contribution is -0.145. The van der Waals surface area contributed by atoms with Gasteiger partial charge in [-0.25, -0.2) is 0 Å². The summed E-state index contributed by atoms with van der Waals surface area (Å²) >= 11 is 0. The summed E-state index contributed by atoms with van der Waals surface area (Å²) in [6, 6.07) is 7.30. The molecule has 1 aliphatic rings. The minimum absolute atomic E-state index is 0.0164. The molecule has 142 valence electrons. The summed E-state index contributed by atoms with van der Waals surface area (Å²) in [6.45, 7) is 2.22. The highest BCUT2D eigenvalue weighted by molar-refractivity contribution is 5.80. The Bertz CT molecular complexity index is 661. The highest BCUT2D eigenvalue weighted by Gasteiger charge is 2.27. The Morgan fingerprint density at radius 2 is 1.96 bits per heavy atom. The summed E-state index contributed by atoms with van der Waals surface area (Å²) in [7, 11) is 1.58. The Kier molecular flexibility index (Phi) is 7.00. The van der Waals surface area contributed by atoms with Crippen molar-refractivity contribution in [3.05, 3.63) is 29.8 Å². The molecule has 1 aromatic rings. The molecule has 0 saturated carbocycles. The van der Waals surface area contributed by atoms with E-state index in [1.54, 1.807) is 12.0 Å². The maximum Gasteiger partial charge on any atom is 0.323 e. The zero-order valence-electron chi connectivity index (χ0n) is 15.3. The van der Waals surface area contributed by atoms with E-state index in [-0.39, 0.29) is 30.8 Å². The van der Waals surface area contributed by atoms with Crippen molar-refractivity contribution < 1.29 is 24.2 Å². The number of amides is 2. The number of hydrogen-bond acceptors (Lipinski definition) is 4. The number of carboxylic acids is 1. The molecule has 1 heterocycles. The van der Waals surface area contributed by atoms with Crippen LogP contribution in [0.5, 0.6) is 5.75 Å². The number of carboxylic acid groups (broad SMARTS) is 1. The van der Waals surface area contributed by atoms with Gasteiger partial charge < -0.3 is 19.6 Å². The number of carbonyl (C=O) groups excluding carboxylic acids is 2. The monoisotopic (exact) mass is 362 g/mol. The molecule has 7 heteroatoms. The lowest BCUT2D eigenvalue weighted by Gasteiger charge is -2.29. The van der Waals surface area contributed by atoms with Gasteiger partial charge in [-0.3, -0.25) is 14.4 Å². The van der Waals surface area contributed by atoms with Gasteiger partial charge in [0.1, 0.15) is 12.3 Å². The normalized spacial score (nSPS) is 17.3. The molecule has 7 nitrogen and oxygen atoms in total. The first-order chi connectivity index (χ1) is 12.4. The van der Waals surface area contributed by atoms with Gasteiger partial charge >= 0.3 is 5.97 Å². The molecule has 1 atom stereocenters. The van der Waals surface area contributed by atoms with Crippen LogP contribution in [0.15, 0.2) is 24.3 Å². The molecule has 1 fully saturated rings. The van der Waals surface area contributed by atoms with Crippen molar-refractivity contribution in [2.75, 3.05) is 26.7 Å². The summed E-state index contributed by atoms with van der Waals surface area (Å²) < 4.78 is 5.30. The van der Waals surface area contributed by atoms with Gasteiger partial charge in [-0.1, -0.05) is 18.2 Å². The van der Waals surface area contributed by atoms with Gasteiger partial charge in [0.25, 0.3) is 0 Å². The van der Waals surface area contributed by atoms with Crippen LogP contribution in [0.25, 0.3) is 0 Å². The molecule has 0 unspecified atom stereocenters. The molecule has 1 saturated heterocycles. The third-order valence-electron chi connectivity index (χ3n) is 4.74. The SMILES string of the molecule is COc1ccccc1CC(=O)N1CCC[C@H](N(CC(=O)O)C(C)=O)CC1. The zero-order chi connectivity index (χ0) is 19.1. The number of aliphatic carboxylic acids is 1. The van der Waals surface area contributed by atoms with Gasteiger partial charge in [0.2, 0.25) is 11.8 Å². The predicted octanol–water partition coefficient (Wildman–Crippen LogP) is 1.55. The quantitative estimate of drug-likeness (QED) is 0.830. The molecule has 1 aromatic carbocycles. The average Bonchev–Trinajstić information content (AvgIpc) is 2.85. The van der Waals surface area contributed by atoms with Crippen LogP contribution in [0, 0.1) is 0 Å². The van der Waals surface area contributed by atoms with Crippen molar-refractivity contribution in [2.45, 2.75) is 38.6 Å². The van der Waals surface area contributed by atoms with Crippen molar-refractivity contribution in [1.29, 1.82) is 0 Å². The van der Waals surface area contributed by atoms with E-state index in [2.05, 4.69) is 0 Å². The second-order valence-corrected chi connectivity index (χ2v) is 6.49. The summed E-state index contributed by atoms with van der Waals surface area (Å²) in [5.74, 6) is -0.555. The van der Waals surface area contributed by atoms with Crippen LogP contribution in [-0.4, -0.2) is 65.5 Å². The number of hydrogen-bond donors (Lipinski definition) is 1. The van der Waals surface area contributed by atoms with E-state index >= 15 is 0 Å². The fourth-order valence-corrected chi connectivity index (χ4v) is 3.41. The number of methoxy groups -OCH3 is 1. The average molecular weight is 362 g/mol. The van der Waals surface area contributed by atoms with Gasteiger partial charge in [0.05, 0.1) is 13.5 Å². The van der Waals surface area contributed by atoms with Gasteiger partial charge in [-0.2, -0.15) is 0 Å². The molecule has 0 aromatic heterocycles. The first kappa shape index (κ1) is 19.8. The molecule has 0 radical (unpaired) electrons. The van der Waals surface area contributed by atoms with E-state index in [1.807, 2.05) is 24.3 Å². The fraction of sp³-hybridized carbons (Fsp3) is 0.526. The van der Waals surface area contributed by atoms with E-state index in [4.69, 9.17) is 9.84 Å². The summed E-state index contributed by atoms with van der Waals surface area (Å²) in [4.78, 5) is 38.7. The standard InChI is InChI=1S/C19H26N2O5/c1-14(22)21(13-19(24)25)16-7-5-10-20(11-9-16)18(23)12-15-6-3-4-8-17(15)26-2/h3-4,6,8,16H,5,7,9-13H2,1-2H3,(H,24,25)/t16-/m0/s1. The van der Waals surface area contributed by atoms with E-state index in [0.717, 1.165) is 12.0 Å². The van der Waals surface area contributed by atoms with Gasteiger partial charge in [-0.05, 0) is 25.3 Å². The Hall–Kier alpha value is -2.57. The van der Waals surface area contributed by atoms with Crippen LogP contribution < -0.4 is 4.74 Å². The van der Waals surface area contributed by atoms with E-state index in [1.165, 1.54) is 11.8 Å². The van der Waals surface area contributed by atoms with Crippen LogP contribution in [-0.2, 0) is 20.8 Å². The molecule has 26 heavy (non-hydrogen) atoms. The molecule has 1 aliphatic heterocycles. The maximum atomic E-state index is 12.7. The lowest BCUT2D eigenvalue weighted by Crippen LogP contribution is -2.43. The Morgan fingerprint density at radius 3 is 2.62 bits per heavy atom. The minimum Gasteiger partial charge on any atom is -0.496 e. The van der Waals surface area contributed by atoms with Crippen molar-refractivity contribution in [2.24, 2.45) is 0 Å². The third-order valence-corrected chi connectivity index (χ3v) is 4.74. The molecular weight excluding hydrogens is 336 g/mol. The van der Waals surface area contributed by atoms with Crippen LogP contribution >= 0.6 is 0 Å². The number of ether oxygens (including phenoxy) is 1. The van der Waals surface area contributed by atoms with Gasteiger partial charge in [0.15, 0.2) is 0 Å². The highest BCUT2D eigenvalue weighted by Crippen LogP contribution is 2.21. The second-order valence-electron chi connectivity index (χ2n) is 6.49. The first-order valence-corrected chi connectivity index (χ1v) is 8.81. The third kappa shape index (κ3) is 5.21. The topological polar surface area (TPSA) is 87.2 Å². The summed E-state index contributed by atoms with van der Waals surface area (Å²) in [5.41, 5.74) is 0.844. The lowest BCUT2D eigenvalue weighted by atomic mass is 10.1. The maximum absolute atomic E-state index is 12.7. The number of likely N-dealkylation sites (tertiary alicyclic amines) is 1. The Labute approximate surface area is 153 Å². The van der Waals surface area contributed by atoms with E-state index in [0.29, 0.717) is 31.7 Å². The molecule has 2 rings (SSSR count).